The van der Waals surface area contributed by atoms with Gasteiger partial charge in [-0.1, -0.05) is 12.8 Å². The lowest BCUT2D eigenvalue weighted by Gasteiger charge is -2.19. The Balaban J connectivity index is 2.03. The van der Waals surface area contributed by atoms with Crippen LogP contribution in [0.1, 0.15) is 38.5 Å². The Labute approximate surface area is 96.3 Å². The van der Waals surface area contributed by atoms with Gasteiger partial charge < -0.3 is 5.73 Å². The smallest absolute Gasteiger partial charge is 0.215 e. The molecule has 1 unspecified atom stereocenters. The maximum absolute atomic E-state index is 12.0. The van der Waals surface area contributed by atoms with Gasteiger partial charge in [-0.3, -0.25) is 5.41 Å². The molecule has 0 spiro atoms. The van der Waals surface area contributed by atoms with E-state index >= 15 is 0 Å². The summed E-state index contributed by atoms with van der Waals surface area (Å²) in [4.78, 5) is 0. The van der Waals surface area contributed by atoms with Gasteiger partial charge in [-0.25, -0.2) is 13.1 Å². The molecule has 16 heavy (non-hydrogen) atoms. The van der Waals surface area contributed by atoms with Crippen molar-refractivity contribution in [3.05, 3.63) is 0 Å². The standard InChI is InChI=1S/C10H19N3O2S/c11-10(12)9(7-5-6-7)13-16(14,15)8-3-1-2-4-8/h7-9,13H,1-6H2,(H3,11,12). The van der Waals surface area contributed by atoms with E-state index in [4.69, 9.17) is 11.1 Å². The molecule has 0 aliphatic heterocycles. The largest absolute Gasteiger partial charge is 0.386 e. The van der Waals surface area contributed by atoms with Crippen LogP contribution in [0, 0.1) is 11.3 Å². The minimum atomic E-state index is -3.28. The maximum atomic E-state index is 12.0. The van der Waals surface area contributed by atoms with Crippen LogP contribution in [0.2, 0.25) is 0 Å². The van der Waals surface area contributed by atoms with Crippen molar-refractivity contribution in [2.45, 2.75) is 49.8 Å². The Morgan fingerprint density at radius 3 is 2.25 bits per heavy atom. The maximum Gasteiger partial charge on any atom is 0.215 e. The van der Waals surface area contributed by atoms with Gasteiger partial charge in [0.1, 0.15) is 5.84 Å². The highest BCUT2D eigenvalue weighted by Crippen LogP contribution is 2.34. The Kier molecular flexibility index (Phi) is 3.21. The van der Waals surface area contributed by atoms with Gasteiger partial charge in [-0.15, -0.1) is 0 Å². The number of sulfonamides is 1. The molecular weight excluding hydrogens is 226 g/mol. The fourth-order valence-electron chi connectivity index (χ4n) is 2.32. The van der Waals surface area contributed by atoms with Gasteiger partial charge in [0.25, 0.3) is 0 Å². The zero-order valence-corrected chi connectivity index (χ0v) is 10.1. The van der Waals surface area contributed by atoms with Crippen LogP contribution in [-0.2, 0) is 10.0 Å². The number of nitrogens with one attached hydrogen (secondary N) is 2. The second kappa shape index (κ2) is 4.33. The molecule has 1 atom stereocenters. The highest BCUT2D eigenvalue weighted by atomic mass is 32.2. The Hall–Kier alpha value is -0.620. The molecule has 0 aromatic carbocycles. The van der Waals surface area contributed by atoms with E-state index in [1.165, 1.54) is 0 Å². The van der Waals surface area contributed by atoms with Crippen LogP contribution in [0.15, 0.2) is 0 Å². The number of nitrogens with two attached hydrogens (primary N) is 1. The van der Waals surface area contributed by atoms with Crippen molar-refractivity contribution < 1.29 is 8.42 Å². The summed E-state index contributed by atoms with van der Waals surface area (Å²) in [6.45, 7) is 0. The first kappa shape index (κ1) is 11.9. The fourth-order valence-corrected chi connectivity index (χ4v) is 4.13. The Morgan fingerprint density at radius 2 is 1.81 bits per heavy atom. The monoisotopic (exact) mass is 245 g/mol. The lowest BCUT2D eigenvalue weighted by Crippen LogP contribution is -2.48. The fraction of sp³-hybridized carbons (Fsp3) is 0.900. The number of hydrogen-bond acceptors (Lipinski definition) is 3. The van der Waals surface area contributed by atoms with E-state index in [9.17, 15) is 8.42 Å². The number of rotatable bonds is 5. The second-order valence-corrected chi connectivity index (χ2v) is 6.83. The van der Waals surface area contributed by atoms with Crippen LogP contribution in [0.4, 0.5) is 0 Å². The Bertz CT molecular complexity index is 370. The predicted octanol–water partition coefficient (Wildman–Crippen LogP) is 0.563. The summed E-state index contributed by atoms with van der Waals surface area (Å²) >= 11 is 0. The molecule has 4 N–H and O–H groups in total. The molecule has 5 nitrogen and oxygen atoms in total. The third-order valence-corrected chi connectivity index (χ3v) is 5.39. The van der Waals surface area contributed by atoms with E-state index in [-0.39, 0.29) is 17.0 Å². The van der Waals surface area contributed by atoms with Crippen molar-refractivity contribution in [2.24, 2.45) is 11.7 Å². The van der Waals surface area contributed by atoms with Crippen LogP contribution in [0.5, 0.6) is 0 Å². The summed E-state index contributed by atoms with van der Waals surface area (Å²) in [6.07, 6.45) is 5.39. The van der Waals surface area contributed by atoms with Gasteiger partial charge >= 0.3 is 0 Å². The van der Waals surface area contributed by atoms with Gasteiger partial charge in [-0.2, -0.15) is 0 Å². The minimum absolute atomic E-state index is 0.0518. The number of hydrogen-bond donors (Lipinski definition) is 3. The van der Waals surface area contributed by atoms with Crippen molar-refractivity contribution >= 4 is 15.9 Å². The Morgan fingerprint density at radius 1 is 1.25 bits per heavy atom. The van der Waals surface area contributed by atoms with Crippen molar-refractivity contribution in [3.8, 4) is 0 Å². The SMILES string of the molecule is N=C(N)C(NS(=O)(=O)C1CCCC1)C1CC1. The summed E-state index contributed by atoms with van der Waals surface area (Å²) in [7, 11) is -3.28. The molecule has 2 fully saturated rings. The quantitative estimate of drug-likeness (QED) is 0.488. The van der Waals surface area contributed by atoms with E-state index in [2.05, 4.69) is 4.72 Å². The van der Waals surface area contributed by atoms with Crippen LogP contribution in [-0.4, -0.2) is 25.5 Å². The molecule has 2 saturated carbocycles. The molecule has 0 amide bonds. The van der Waals surface area contributed by atoms with Crippen LogP contribution < -0.4 is 10.5 Å². The van der Waals surface area contributed by atoms with Gasteiger partial charge in [-0.05, 0) is 31.6 Å². The lowest BCUT2D eigenvalue weighted by molar-refractivity contribution is 0.547. The highest BCUT2D eigenvalue weighted by Gasteiger charge is 2.38. The molecular formula is C10H19N3O2S. The molecule has 2 rings (SSSR count). The molecule has 0 heterocycles. The molecule has 2 aliphatic carbocycles. The summed E-state index contributed by atoms with van der Waals surface area (Å²) in [6, 6.07) is -0.467. The van der Waals surface area contributed by atoms with Crippen molar-refractivity contribution in [1.29, 1.82) is 5.41 Å². The zero-order valence-electron chi connectivity index (χ0n) is 9.28. The van der Waals surface area contributed by atoms with Gasteiger partial charge in [0.2, 0.25) is 10.0 Å². The number of amidine groups is 1. The van der Waals surface area contributed by atoms with Crippen molar-refractivity contribution in [2.75, 3.05) is 0 Å². The third kappa shape index (κ3) is 2.55. The summed E-state index contributed by atoms with van der Waals surface area (Å²) < 4.78 is 26.7. The van der Waals surface area contributed by atoms with E-state index in [1.807, 2.05) is 0 Å². The molecule has 6 heteroatoms. The average molecular weight is 245 g/mol. The normalized spacial score (nSPS) is 24.5. The van der Waals surface area contributed by atoms with Crippen molar-refractivity contribution in [1.82, 2.24) is 4.72 Å². The first-order valence-corrected chi connectivity index (χ1v) is 7.40. The van der Waals surface area contributed by atoms with Gasteiger partial charge in [0, 0.05) is 0 Å². The summed E-state index contributed by atoms with van der Waals surface area (Å²) in [5, 5.41) is 7.15. The minimum Gasteiger partial charge on any atom is -0.386 e. The van der Waals surface area contributed by atoms with Gasteiger partial charge in [0.05, 0.1) is 11.3 Å². The zero-order chi connectivity index (χ0) is 11.8. The van der Waals surface area contributed by atoms with Gasteiger partial charge in [0.15, 0.2) is 0 Å². The summed E-state index contributed by atoms with van der Waals surface area (Å²) in [5.74, 6) is 0.192. The van der Waals surface area contributed by atoms with E-state index in [0.717, 1.165) is 38.5 Å². The van der Waals surface area contributed by atoms with Crippen LogP contribution >= 0.6 is 0 Å². The topological polar surface area (TPSA) is 96.0 Å². The first-order chi connectivity index (χ1) is 7.50. The summed E-state index contributed by atoms with van der Waals surface area (Å²) in [5.41, 5.74) is 5.44. The van der Waals surface area contributed by atoms with E-state index < -0.39 is 16.1 Å². The lowest BCUT2D eigenvalue weighted by atomic mass is 10.2. The highest BCUT2D eigenvalue weighted by molar-refractivity contribution is 7.90. The molecule has 0 bridgehead atoms. The third-order valence-electron chi connectivity index (χ3n) is 3.46. The van der Waals surface area contributed by atoms with Crippen molar-refractivity contribution in [3.63, 3.8) is 0 Å². The van der Waals surface area contributed by atoms with Crippen LogP contribution in [0.3, 0.4) is 0 Å². The van der Waals surface area contributed by atoms with E-state index in [0.29, 0.717) is 0 Å². The van der Waals surface area contributed by atoms with Crippen LogP contribution in [0.25, 0.3) is 0 Å². The molecule has 92 valence electrons. The average Bonchev–Trinajstić information content (AvgIpc) is 2.87. The van der Waals surface area contributed by atoms with E-state index in [1.54, 1.807) is 0 Å². The predicted molar refractivity (Wildman–Crippen MR) is 62.7 cm³/mol. The molecule has 2 aliphatic rings. The molecule has 0 radical (unpaired) electrons. The first-order valence-electron chi connectivity index (χ1n) is 5.86. The molecule has 0 saturated heterocycles. The molecule has 0 aromatic rings. The molecule has 0 aromatic heterocycles. The second-order valence-electron chi connectivity index (χ2n) is 4.84.